The van der Waals surface area contributed by atoms with Gasteiger partial charge >= 0.3 is 11.9 Å². The monoisotopic (exact) mass is 480 g/mol. The van der Waals surface area contributed by atoms with E-state index in [1.165, 1.54) is 0 Å². The lowest BCUT2D eigenvalue weighted by Crippen LogP contribution is -2.56. The number of ketones is 1. The third-order valence-corrected chi connectivity index (χ3v) is 8.78. The van der Waals surface area contributed by atoms with Crippen LogP contribution in [0.1, 0.15) is 78.6 Å². The fourth-order valence-electron chi connectivity index (χ4n) is 6.80. The van der Waals surface area contributed by atoms with Crippen LogP contribution in [-0.4, -0.2) is 51.3 Å². The van der Waals surface area contributed by atoms with Crippen molar-refractivity contribution < 1.29 is 29.7 Å². The van der Waals surface area contributed by atoms with Gasteiger partial charge in [-0.3, -0.25) is 10.2 Å². The van der Waals surface area contributed by atoms with Crippen LogP contribution in [0.15, 0.2) is 5.10 Å². The topological polar surface area (TPSA) is 186 Å². The van der Waals surface area contributed by atoms with Crippen molar-refractivity contribution in [2.75, 3.05) is 0 Å². The molecule has 0 aliphatic heterocycles. The molecule has 0 aromatic heterocycles. The molecule has 3 rings (SSSR count). The molecule has 0 amide bonds. The standard InChI is InChI=1S/C22H38N4O2.C2H2O4/c1-4-14(9-12-25-26-20(23)24)22(3)11-8-18-17(19(22)28)6-5-15-13-16(27)7-10-21(15,18)2;3-1(4)2(5)6/h12,14-18,27H,4-11,13H2,1-3H3,(H4,23,24,26);(H,3,4)(H,5,6)/b25-12+;/t14-,15-,16+,17-,18+,21+,22-;/m1./s1. The fourth-order valence-corrected chi connectivity index (χ4v) is 6.80. The van der Waals surface area contributed by atoms with Gasteiger partial charge in [-0.2, -0.15) is 5.10 Å². The van der Waals surface area contributed by atoms with Crippen molar-refractivity contribution in [3.63, 3.8) is 0 Å². The number of aliphatic hydroxyl groups is 1. The molecule has 3 aliphatic rings. The van der Waals surface area contributed by atoms with Crippen molar-refractivity contribution in [2.45, 2.75) is 84.7 Å². The van der Waals surface area contributed by atoms with Crippen LogP contribution in [0, 0.1) is 39.9 Å². The van der Waals surface area contributed by atoms with Gasteiger partial charge in [0.25, 0.3) is 0 Å². The molecule has 0 aromatic rings. The van der Waals surface area contributed by atoms with Crippen molar-refractivity contribution >= 4 is 29.9 Å². The number of nitrogens with one attached hydrogen (secondary N) is 2. The molecule has 10 nitrogen and oxygen atoms in total. The fraction of sp³-hybridized carbons (Fsp3) is 0.792. The van der Waals surface area contributed by atoms with Gasteiger partial charge in [-0.15, -0.1) is 0 Å². The molecule has 7 atom stereocenters. The first-order valence-electron chi connectivity index (χ1n) is 12.2. The van der Waals surface area contributed by atoms with Crippen LogP contribution in [0.3, 0.4) is 0 Å². The zero-order chi connectivity index (χ0) is 25.7. The highest BCUT2D eigenvalue weighted by molar-refractivity contribution is 6.27. The molecular formula is C24H40N4O6. The van der Waals surface area contributed by atoms with Crippen LogP contribution in [-0.2, 0) is 14.4 Å². The molecule has 0 spiro atoms. The Morgan fingerprint density at radius 3 is 2.41 bits per heavy atom. The minimum Gasteiger partial charge on any atom is -0.473 e. The number of guanidine groups is 1. The van der Waals surface area contributed by atoms with Gasteiger partial charge in [0, 0.05) is 17.5 Å². The molecule has 0 saturated heterocycles. The highest BCUT2D eigenvalue weighted by Gasteiger charge is 2.57. The van der Waals surface area contributed by atoms with Crippen molar-refractivity contribution in [3.8, 4) is 0 Å². The number of rotatable bonds is 5. The Morgan fingerprint density at radius 2 is 1.85 bits per heavy atom. The second-order valence-electron chi connectivity index (χ2n) is 10.5. The summed E-state index contributed by atoms with van der Waals surface area (Å²) in [4.78, 5) is 31.9. The molecule has 192 valence electrons. The third-order valence-electron chi connectivity index (χ3n) is 8.78. The van der Waals surface area contributed by atoms with Gasteiger partial charge in [-0.05, 0) is 74.5 Å². The predicted molar refractivity (Wildman–Crippen MR) is 127 cm³/mol. The minimum absolute atomic E-state index is 0.147. The Bertz CT molecular complexity index is 805. The Labute approximate surface area is 200 Å². The molecule has 7 N–H and O–H groups in total. The number of hydrazone groups is 1. The number of fused-ring (bicyclic) bond motifs is 3. The summed E-state index contributed by atoms with van der Waals surface area (Å²) in [5.74, 6) is -1.87. The summed E-state index contributed by atoms with van der Waals surface area (Å²) in [6, 6.07) is 0. The van der Waals surface area contributed by atoms with E-state index in [-0.39, 0.29) is 34.7 Å². The molecular weight excluding hydrogens is 440 g/mol. The summed E-state index contributed by atoms with van der Waals surface area (Å²) in [5.41, 5.74) is 7.65. The average molecular weight is 481 g/mol. The number of nitrogens with two attached hydrogens (primary N) is 1. The van der Waals surface area contributed by atoms with Gasteiger partial charge < -0.3 is 21.1 Å². The zero-order valence-corrected chi connectivity index (χ0v) is 20.4. The van der Waals surface area contributed by atoms with E-state index in [9.17, 15) is 9.90 Å². The first kappa shape index (κ1) is 27.8. The number of hydrogen-bond donors (Lipinski definition) is 6. The maximum atomic E-state index is 13.7. The van der Waals surface area contributed by atoms with Gasteiger partial charge in [0.1, 0.15) is 5.78 Å². The third kappa shape index (κ3) is 5.95. The summed E-state index contributed by atoms with van der Waals surface area (Å²) < 4.78 is 0. The molecule has 0 bridgehead atoms. The number of carbonyl (C=O) groups is 3. The van der Waals surface area contributed by atoms with E-state index < -0.39 is 11.9 Å². The second-order valence-corrected chi connectivity index (χ2v) is 10.5. The zero-order valence-electron chi connectivity index (χ0n) is 20.4. The Hall–Kier alpha value is -2.49. The van der Waals surface area contributed by atoms with E-state index in [0.717, 1.165) is 57.8 Å². The molecule has 0 unspecified atom stereocenters. The van der Waals surface area contributed by atoms with Gasteiger partial charge in [0.05, 0.1) is 6.10 Å². The molecule has 3 saturated carbocycles. The summed E-state index contributed by atoms with van der Waals surface area (Å²) in [6.07, 6.45) is 10.3. The van der Waals surface area contributed by atoms with Gasteiger partial charge in [0.15, 0.2) is 0 Å². The van der Waals surface area contributed by atoms with Crippen molar-refractivity contribution in [2.24, 2.45) is 45.3 Å². The largest absolute Gasteiger partial charge is 0.473 e. The summed E-state index contributed by atoms with van der Waals surface area (Å²) in [6.45, 7) is 6.72. The molecule has 0 radical (unpaired) electrons. The van der Waals surface area contributed by atoms with Gasteiger partial charge in [0.2, 0.25) is 5.96 Å². The van der Waals surface area contributed by atoms with E-state index in [4.69, 9.17) is 30.9 Å². The summed E-state index contributed by atoms with van der Waals surface area (Å²) >= 11 is 0. The second kappa shape index (κ2) is 11.3. The lowest BCUT2D eigenvalue weighted by atomic mass is 9.46. The Balaban J connectivity index is 0.000000604. The van der Waals surface area contributed by atoms with E-state index in [2.05, 4.69) is 31.3 Å². The van der Waals surface area contributed by atoms with Crippen LogP contribution in [0.2, 0.25) is 0 Å². The molecule has 0 heterocycles. The number of carboxylic acids is 2. The lowest BCUT2D eigenvalue weighted by molar-refractivity contribution is -0.159. The van der Waals surface area contributed by atoms with Crippen LogP contribution in [0.4, 0.5) is 0 Å². The van der Waals surface area contributed by atoms with Gasteiger partial charge in [-0.1, -0.05) is 27.2 Å². The maximum absolute atomic E-state index is 13.7. The maximum Gasteiger partial charge on any atom is 0.414 e. The molecule has 3 aliphatic carbocycles. The molecule has 10 heteroatoms. The molecule has 3 fully saturated rings. The number of nitrogens with zero attached hydrogens (tertiary/aromatic N) is 1. The van der Waals surface area contributed by atoms with E-state index in [0.29, 0.717) is 17.6 Å². The molecule has 0 aromatic carbocycles. The van der Waals surface area contributed by atoms with Crippen LogP contribution < -0.4 is 11.2 Å². The molecule has 34 heavy (non-hydrogen) atoms. The average Bonchev–Trinajstić information content (AvgIpc) is 2.77. The minimum atomic E-state index is -1.82. The van der Waals surface area contributed by atoms with Crippen molar-refractivity contribution in [1.29, 1.82) is 5.41 Å². The Morgan fingerprint density at radius 1 is 1.21 bits per heavy atom. The van der Waals surface area contributed by atoms with E-state index >= 15 is 0 Å². The SMILES string of the molecule is CC[C@H](C/C=N/NC(=N)N)[C@@]1(C)CC[C@H]2[C@@H](CC[C@@H]3C[C@@H](O)CC[C@@]32C)C1=O.O=C(O)C(=O)O. The first-order valence-corrected chi connectivity index (χ1v) is 12.2. The van der Waals surface area contributed by atoms with Crippen molar-refractivity contribution in [3.05, 3.63) is 0 Å². The highest BCUT2D eigenvalue weighted by atomic mass is 16.4. The number of hydrogen-bond acceptors (Lipinski definition) is 6. The van der Waals surface area contributed by atoms with E-state index in [1.54, 1.807) is 6.21 Å². The predicted octanol–water partition coefficient (Wildman–Crippen LogP) is 2.59. The van der Waals surface area contributed by atoms with E-state index in [1.807, 2.05) is 0 Å². The lowest BCUT2D eigenvalue weighted by Gasteiger charge is -2.58. The summed E-state index contributed by atoms with van der Waals surface area (Å²) in [7, 11) is 0. The van der Waals surface area contributed by atoms with Crippen LogP contribution in [0.25, 0.3) is 0 Å². The number of aliphatic carboxylic acids is 2. The normalized spacial score (nSPS) is 35.8. The summed E-state index contributed by atoms with van der Waals surface area (Å²) in [5, 5.41) is 36.1. The van der Waals surface area contributed by atoms with Crippen LogP contribution in [0.5, 0.6) is 0 Å². The number of aliphatic hydroxyl groups excluding tert-OH is 1. The van der Waals surface area contributed by atoms with Crippen LogP contribution >= 0.6 is 0 Å². The smallest absolute Gasteiger partial charge is 0.414 e. The number of Topliss-reactive ketones (excluding diaryl/α,β-unsaturated/α-hetero) is 1. The van der Waals surface area contributed by atoms with Crippen molar-refractivity contribution in [1.82, 2.24) is 5.43 Å². The highest BCUT2D eigenvalue weighted by Crippen LogP contribution is 2.61. The van der Waals surface area contributed by atoms with Gasteiger partial charge in [-0.25, -0.2) is 15.0 Å². The Kier molecular flexibility index (Phi) is 9.22. The quantitative estimate of drug-likeness (QED) is 0.150. The number of carbonyl (C=O) groups excluding carboxylic acids is 1. The number of carboxylic acid groups (broad SMARTS) is 2. The first-order chi connectivity index (χ1) is 15.9.